The van der Waals surface area contributed by atoms with Gasteiger partial charge in [-0.2, -0.15) is 0 Å². The van der Waals surface area contributed by atoms with Gasteiger partial charge in [-0.3, -0.25) is 4.79 Å². The van der Waals surface area contributed by atoms with E-state index in [9.17, 15) is 4.79 Å². The monoisotopic (exact) mass is 287 g/mol. The third kappa shape index (κ3) is 2.94. The Kier molecular flexibility index (Phi) is 3.94. The van der Waals surface area contributed by atoms with Crippen molar-refractivity contribution in [2.45, 2.75) is 19.9 Å². The van der Waals surface area contributed by atoms with Gasteiger partial charge in [0.2, 0.25) is 0 Å². The number of hydrogen-bond acceptors (Lipinski definition) is 3. The van der Waals surface area contributed by atoms with Crippen LogP contribution in [0.25, 0.3) is 10.9 Å². The molecule has 0 saturated carbocycles. The van der Waals surface area contributed by atoms with Gasteiger partial charge >= 0.3 is 0 Å². The van der Waals surface area contributed by atoms with Crippen LogP contribution < -0.4 is 10.6 Å². The van der Waals surface area contributed by atoms with Crippen molar-refractivity contribution in [2.24, 2.45) is 0 Å². The number of ether oxygens (including phenoxy) is 1. The molecule has 1 aliphatic heterocycles. The van der Waals surface area contributed by atoms with Crippen molar-refractivity contribution in [3.63, 3.8) is 0 Å². The Labute approximate surface area is 124 Å². The highest BCUT2D eigenvalue weighted by atomic mass is 16.5. The molecule has 1 unspecified atom stereocenters. The van der Waals surface area contributed by atoms with Crippen LogP contribution in [0, 0.1) is 13.8 Å². The maximum absolute atomic E-state index is 12.3. The van der Waals surface area contributed by atoms with E-state index in [1.807, 2.05) is 25.1 Å². The molecule has 1 saturated heterocycles. The lowest BCUT2D eigenvalue weighted by molar-refractivity contribution is 0.0735. The third-order valence-corrected chi connectivity index (χ3v) is 4.08. The molecule has 0 aliphatic carbocycles. The number of carbonyl (C=O) groups is 1. The number of H-pyrrole nitrogens is 1. The minimum Gasteiger partial charge on any atom is -0.378 e. The van der Waals surface area contributed by atoms with Crippen LogP contribution in [0.2, 0.25) is 0 Å². The first-order valence-electron chi connectivity index (χ1n) is 7.33. The Hall–Kier alpha value is -1.85. The van der Waals surface area contributed by atoms with Crippen LogP contribution >= 0.6 is 0 Å². The summed E-state index contributed by atoms with van der Waals surface area (Å²) in [7, 11) is 0. The molecule has 21 heavy (non-hydrogen) atoms. The zero-order chi connectivity index (χ0) is 14.8. The predicted octanol–water partition coefficient (Wildman–Crippen LogP) is 1.50. The fourth-order valence-electron chi connectivity index (χ4n) is 2.67. The number of nitrogens with one attached hydrogen (secondary N) is 3. The Balaban J connectivity index is 1.70. The Bertz CT molecular complexity index is 657. The molecule has 1 fully saturated rings. The van der Waals surface area contributed by atoms with E-state index in [-0.39, 0.29) is 11.9 Å². The Morgan fingerprint density at radius 1 is 1.43 bits per heavy atom. The smallest absolute Gasteiger partial charge is 0.251 e. The van der Waals surface area contributed by atoms with Gasteiger partial charge in [0.25, 0.3) is 5.91 Å². The van der Waals surface area contributed by atoms with E-state index in [1.54, 1.807) is 0 Å². The first-order chi connectivity index (χ1) is 10.1. The number of aromatic nitrogens is 1. The summed E-state index contributed by atoms with van der Waals surface area (Å²) in [5.41, 5.74) is 4.11. The number of amides is 1. The van der Waals surface area contributed by atoms with Crippen LogP contribution in [0.3, 0.4) is 0 Å². The normalized spacial score (nSPS) is 18.9. The Morgan fingerprint density at radius 3 is 3.05 bits per heavy atom. The zero-order valence-corrected chi connectivity index (χ0v) is 12.5. The second-order valence-electron chi connectivity index (χ2n) is 5.57. The maximum Gasteiger partial charge on any atom is 0.251 e. The third-order valence-electron chi connectivity index (χ3n) is 4.08. The molecular weight excluding hydrogens is 266 g/mol. The van der Waals surface area contributed by atoms with E-state index in [0.717, 1.165) is 29.7 Å². The van der Waals surface area contributed by atoms with Crippen molar-refractivity contribution in [3.05, 3.63) is 35.0 Å². The SMILES string of the molecule is Cc1[nH]c2ccc(C(=O)NCC3COCCN3)cc2c1C. The highest BCUT2D eigenvalue weighted by Crippen LogP contribution is 2.22. The zero-order valence-electron chi connectivity index (χ0n) is 12.5. The van der Waals surface area contributed by atoms with Crippen LogP contribution in [0.1, 0.15) is 21.6 Å². The molecule has 1 atom stereocenters. The first-order valence-corrected chi connectivity index (χ1v) is 7.33. The second kappa shape index (κ2) is 5.87. The number of rotatable bonds is 3. The van der Waals surface area contributed by atoms with Gasteiger partial charge in [0.05, 0.1) is 13.2 Å². The van der Waals surface area contributed by atoms with Crippen LogP contribution in [0.5, 0.6) is 0 Å². The van der Waals surface area contributed by atoms with Gasteiger partial charge in [-0.05, 0) is 37.6 Å². The summed E-state index contributed by atoms with van der Waals surface area (Å²) in [5.74, 6) is -0.0393. The number of aryl methyl sites for hydroxylation is 2. The lowest BCUT2D eigenvalue weighted by Crippen LogP contribution is -2.48. The van der Waals surface area contributed by atoms with E-state index in [0.29, 0.717) is 18.7 Å². The number of morpholine rings is 1. The summed E-state index contributed by atoms with van der Waals surface area (Å²) in [4.78, 5) is 15.6. The molecule has 3 N–H and O–H groups in total. The van der Waals surface area contributed by atoms with Gasteiger partial charge in [-0.1, -0.05) is 0 Å². The number of aromatic amines is 1. The number of carbonyl (C=O) groups excluding carboxylic acids is 1. The molecule has 5 heteroatoms. The molecule has 112 valence electrons. The van der Waals surface area contributed by atoms with Gasteiger partial charge in [0.15, 0.2) is 0 Å². The van der Waals surface area contributed by atoms with Crippen molar-refractivity contribution >= 4 is 16.8 Å². The largest absolute Gasteiger partial charge is 0.378 e. The van der Waals surface area contributed by atoms with E-state index >= 15 is 0 Å². The molecule has 0 radical (unpaired) electrons. The topological polar surface area (TPSA) is 66.2 Å². The summed E-state index contributed by atoms with van der Waals surface area (Å²) < 4.78 is 5.38. The summed E-state index contributed by atoms with van der Waals surface area (Å²) in [6.07, 6.45) is 0. The number of hydrogen-bond donors (Lipinski definition) is 3. The van der Waals surface area contributed by atoms with E-state index in [2.05, 4.69) is 22.5 Å². The van der Waals surface area contributed by atoms with E-state index in [1.165, 1.54) is 5.56 Å². The van der Waals surface area contributed by atoms with Crippen LogP contribution in [-0.4, -0.2) is 43.2 Å². The molecule has 1 aliphatic rings. The highest BCUT2D eigenvalue weighted by Gasteiger charge is 2.15. The summed E-state index contributed by atoms with van der Waals surface area (Å²) in [6, 6.07) is 5.97. The minimum absolute atomic E-state index is 0.0393. The molecular formula is C16H21N3O2. The lowest BCUT2D eigenvalue weighted by atomic mass is 10.1. The standard InChI is InChI=1S/C16H21N3O2/c1-10-11(2)19-15-4-3-12(7-14(10)15)16(20)18-8-13-9-21-6-5-17-13/h3-4,7,13,17,19H,5-6,8-9H2,1-2H3,(H,18,20). The fraction of sp³-hybridized carbons (Fsp3) is 0.438. The molecule has 2 aromatic rings. The molecule has 1 amide bonds. The average molecular weight is 287 g/mol. The Morgan fingerprint density at radius 2 is 2.29 bits per heavy atom. The van der Waals surface area contributed by atoms with Crippen molar-refractivity contribution < 1.29 is 9.53 Å². The van der Waals surface area contributed by atoms with Crippen molar-refractivity contribution in [1.29, 1.82) is 0 Å². The predicted molar refractivity (Wildman–Crippen MR) is 82.7 cm³/mol. The maximum atomic E-state index is 12.3. The van der Waals surface area contributed by atoms with E-state index in [4.69, 9.17) is 4.74 Å². The van der Waals surface area contributed by atoms with Crippen molar-refractivity contribution in [2.75, 3.05) is 26.3 Å². The van der Waals surface area contributed by atoms with Crippen LogP contribution in [-0.2, 0) is 4.74 Å². The van der Waals surface area contributed by atoms with Crippen molar-refractivity contribution in [3.8, 4) is 0 Å². The lowest BCUT2D eigenvalue weighted by Gasteiger charge is -2.23. The van der Waals surface area contributed by atoms with Crippen LogP contribution in [0.4, 0.5) is 0 Å². The molecule has 1 aromatic carbocycles. The summed E-state index contributed by atoms with van der Waals surface area (Å²) >= 11 is 0. The van der Waals surface area contributed by atoms with Gasteiger partial charge in [0, 0.05) is 41.3 Å². The summed E-state index contributed by atoms with van der Waals surface area (Å²) in [5, 5.41) is 7.40. The van der Waals surface area contributed by atoms with Crippen LogP contribution in [0.15, 0.2) is 18.2 Å². The second-order valence-corrected chi connectivity index (χ2v) is 5.57. The van der Waals surface area contributed by atoms with Gasteiger partial charge in [0.1, 0.15) is 0 Å². The van der Waals surface area contributed by atoms with Gasteiger partial charge in [-0.25, -0.2) is 0 Å². The summed E-state index contributed by atoms with van der Waals surface area (Å²) in [6.45, 7) is 6.93. The molecule has 5 nitrogen and oxygen atoms in total. The van der Waals surface area contributed by atoms with Gasteiger partial charge in [-0.15, -0.1) is 0 Å². The number of fused-ring (bicyclic) bond motifs is 1. The van der Waals surface area contributed by atoms with E-state index < -0.39 is 0 Å². The number of benzene rings is 1. The molecule has 0 bridgehead atoms. The fourth-order valence-corrected chi connectivity index (χ4v) is 2.67. The quantitative estimate of drug-likeness (QED) is 0.801. The molecule has 3 rings (SSSR count). The molecule has 1 aromatic heterocycles. The molecule has 2 heterocycles. The first kappa shape index (κ1) is 14.1. The average Bonchev–Trinajstić information content (AvgIpc) is 2.80. The van der Waals surface area contributed by atoms with Gasteiger partial charge < -0.3 is 20.4 Å². The highest BCUT2D eigenvalue weighted by molar-refractivity contribution is 5.99. The minimum atomic E-state index is -0.0393. The van der Waals surface area contributed by atoms with Crippen molar-refractivity contribution in [1.82, 2.24) is 15.6 Å². The molecule has 0 spiro atoms.